The molecule has 5 unspecified atom stereocenters. The molecule has 35 heavy (non-hydrogen) atoms. The number of aliphatic hydroxyl groups excluding tert-OH is 3. The number of likely N-dealkylation sites (N-methyl/N-ethyl adjacent to an activating group) is 1. The number of carbonyl (C=O) groups excluding carboxylic acids is 3. The van der Waals surface area contributed by atoms with Crippen LogP contribution in [0.25, 0.3) is 0 Å². The lowest BCUT2D eigenvalue weighted by Crippen LogP contribution is -2.64. The lowest BCUT2D eigenvalue weighted by atomic mass is 9.97. The Morgan fingerprint density at radius 1 is 1.00 bits per heavy atom. The molecule has 7 N–H and O–H groups in total. The van der Waals surface area contributed by atoms with E-state index in [-0.39, 0.29) is 50.4 Å². The molecule has 1 saturated heterocycles. The van der Waals surface area contributed by atoms with Gasteiger partial charge in [0.15, 0.2) is 6.29 Å². The van der Waals surface area contributed by atoms with Crippen molar-refractivity contribution in [2.75, 3.05) is 40.0 Å². The lowest BCUT2D eigenvalue weighted by Gasteiger charge is -2.42. The van der Waals surface area contributed by atoms with E-state index in [0.717, 1.165) is 0 Å². The fraction of sp³-hybridized carbons (Fsp3) is 0.714. The number of carboxylic acids is 1. The summed E-state index contributed by atoms with van der Waals surface area (Å²) in [7, 11) is 1.38. The number of carboxylic acid groups (broad SMARTS) is 1. The third-order valence-electron chi connectivity index (χ3n) is 5.21. The highest BCUT2D eigenvalue weighted by atomic mass is 16.7. The summed E-state index contributed by atoms with van der Waals surface area (Å²) in [4.78, 5) is 46.3. The Bertz CT molecular complexity index is 774. The third kappa shape index (κ3) is 9.87. The Labute approximate surface area is 202 Å². The molecule has 0 aromatic heterocycles. The number of aliphatic hydroxyl groups is 3. The molecule has 0 bridgehead atoms. The number of rotatable bonds is 14. The van der Waals surface area contributed by atoms with E-state index in [9.17, 15) is 39.6 Å². The van der Waals surface area contributed by atoms with Crippen molar-refractivity contribution in [3.05, 3.63) is 11.1 Å². The molecule has 14 heteroatoms. The normalized spacial score (nSPS) is 24.8. The van der Waals surface area contributed by atoms with Gasteiger partial charge in [-0.25, -0.2) is 4.79 Å². The molecule has 3 amide bonds. The summed E-state index contributed by atoms with van der Waals surface area (Å²) < 4.78 is 16.2. The predicted octanol–water partition coefficient (Wildman–Crippen LogP) is -2.99. The average Bonchev–Trinajstić information content (AvgIpc) is 2.81. The molecule has 0 aliphatic carbocycles. The summed E-state index contributed by atoms with van der Waals surface area (Å²) >= 11 is 0. The van der Waals surface area contributed by atoms with Gasteiger partial charge in [-0.05, 0) is 13.3 Å². The summed E-state index contributed by atoms with van der Waals surface area (Å²) in [6.07, 6.45) is -5.28. The van der Waals surface area contributed by atoms with Crippen LogP contribution in [0, 0.1) is 0 Å². The molecule has 1 fully saturated rings. The highest BCUT2D eigenvalue weighted by Gasteiger charge is 2.45. The number of aliphatic carboxylic acids is 1. The maximum absolute atomic E-state index is 11.9. The van der Waals surface area contributed by atoms with Crippen LogP contribution in [0.2, 0.25) is 0 Å². The zero-order chi connectivity index (χ0) is 26.5. The minimum absolute atomic E-state index is 0.0127. The second-order valence-corrected chi connectivity index (χ2v) is 7.75. The fourth-order valence-corrected chi connectivity index (χ4v) is 3.31. The zero-order valence-corrected chi connectivity index (χ0v) is 20.0. The Morgan fingerprint density at radius 3 is 2.26 bits per heavy atom. The van der Waals surface area contributed by atoms with Crippen molar-refractivity contribution in [1.29, 1.82) is 0 Å². The molecule has 0 radical (unpaired) electrons. The molecule has 0 saturated carbocycles. The maximum atomic E-state index is 11.9. The quantitative estimate of drug-likeness (QED) is 0.0933. The van der Waals surface area contributed by atoms with Crippen LogP contribution in [0.1, 0.15) is 26.7 Å². The molecule has 0 aromatic carbocycles. The molecule has 14 nitrogen and oxygen atoms in total. The van der Waals surface area contributed by atoms with E-state index in [0.29, 0.717) is 0 Å². The van der Waals surface area contributed by atoms with Crippen molar-refractivity contribution in [3.63, 3.8) is 0 Å². The second kappa shape index (κ2) is 15.4. The van der Waals surface area contributed by atoms with Crippen LogP contribution in [-0.4, -0.2) is 115 Å². The van der Waals surface area contributed by atoms with Crippen molar-refractivity contribution in [3.8, 4) is 0 Å². The van der Waals surface area contributed by atoms with Crippen molar-refractivity contribution in [2.24, 2.45) is 0 Å². The van der Waals surface area contributed by atoms with Gasteiger partial charge in [-0.3, -0.25) is 14.4 Å². The molecule has 1 aliphatic heterocycles. The first kappa shape index (κ1) is 30.4. The Kier molecular flexibility index (Phi) is 13.4. The molecule has 0 spiro atoms. The highest BCUT2D eigenvalue weighted by molar-refractivity contribution is 6.01. The van der Waals surface area contributed by atoms with Gasteiger partial charge in [-0.1, -0.05) is 0 Å². The number of carbonyl (C=O) groups is 4. The van der Waals surface area contributed by atoms with Crippen LogP contribution in [0.5, 0.6) is 0 Å². The minimum atomic E-state index is -1.41. The number of hydrogen-bond acceptors (Lipinski definition) is 10. The molecule has 1 heterocycles. The van der Waals surface area contributed by atoms with Crippen LogP contribution >= 0.6 is 0 Å². The Morgan fingerprint density at radius 2 is 1.69 bits per heavy atom. The van der Waals surface area contributed by atoms with Crippen LogP contribution in [0.15, 0.2) is 11.1 Å². The molecule has 1 rings (SSSR count). The minimum Gasteiger partial charge on any atom is -0.478 e. The molecular formula is C21H35N3O11. The molecule has 5 atom stereocenters. The van der Waals surface area contributed by atoms with Gasteiger partial charge in [0.25, 0.3) is 0 Å². The van der Waals surface area contributed by atoms with E-state index in [1.807, 2.05) is 0 Å². The Balaban J connectivity index is 2.36. The van der Waals surface area contributed by atoms with Crippen molar-refractivity contribution in [1.82, 2.24) is 16.0 Å². The van der Waals surface area contributed by atoms with Gasteiger partial charge in [-0.15, -0.1) is 0 Å². The van der Waals surface area contributed by atoms with E-state index >= 15 is 0 Å². The highest BCUT2D eigenvalue weighted by Crippen LogP contribution is 2.22. The number of hydrogen-bond donors (Lipinski definition) is 7. The monoisotopic (exact) mass is 505 g/mol. The number of amides is 3. The van der Waals surface area contributed by atoms with Crippen LogP contribution in [0.4, 0.5) is 0 Å². The lowest BCUT2D eigenvalue weighted by molar-refractivity contribution is -0.272. The van der Waals surface area contributed by atoms with Crippen LogP contribution in [-0.2, 0) is 33.4 Å². The van der Waals surface area contributed by atoms with E-state index in [1.165, 1.54) is 20.9 Å². The summed E-state index contributed by atoms with van der Waals surface area (Å²) in [5.74, 6) is -2.68. The van der Waals surface area contributed by atoms with E-state index in [2.05, 4.69) is 16.0 Å². The smallest absolute Gasteiger partial charge is 0.332 e. The molecular weight excluding hydrogens is 470 g/mol. The first-order valence-electron chi connectivity index (χ1n) is 11.0. The number of ether oxygens (including phenoxy) is 3. The average molecular weight is 506 g/mol. The van der Waals surface area contributed by atoms with E-state index < -0.39 is 60.9 Å². The first-order chi connectivity index (χ1) is 16.5. The summed E-state index contributed by atoms with van der Waals surface area (Å²) in [6, 6.07) is -1.05. The summed E-state index contributed by atoms with van der Waals surface area (Å²) in [5.41, 5.74) is -0.109. The maximum Gasteiger partial charge on any atom is 0.332 e. The molecule has 1 aliphatic rings. The van der Waals surface area contributed by atoms with E-state index in [1.54, 1.807) is 0 Å². The van der Waals surface area contributed by atoms with Gasteiger partial charge >= 0.3 is 5.97 Å². The second-order valence-electron chi connectivity index (χ2n) is 7.75. The third-order valence-corrected chi connectivity index (χ3v) is 5.21. The van der Waals surface area contributed by atoms with Crippen molar-refractivity contribution < 1.29 is 53.8 Å². The van der Waals surface area contributed by atoms with Gasteiger partial charge < -0.3 is 50.6 Å². The van der Waals surface area contributed by atoms with E-state index in [4.69, 9.17) is 14.2 Å². The topological polar surface area (TPSA) is 213 Å². The van der Waals surface area contributed by atoms with Gasteiger partial charge in [0, 0.05) is 38.1 Å². The van der Waals surface area contributed by atoms with Crippen LogP contribution < -0.4 is 16.0 Å². The summed E-state index contributed by atoms with van der Waals surface area (Å²) in [6.45, 7) is 2.37. The van der Waals surface area contributed by atoms with Crippen LogP contribution in [0.3, 0.4) is 0 Å². The van der Waals surface area contributed by atoms with Gasteiger partial charge in [0.1, 0.15) is 24.4 Å². The van der Waals surface area contributed by atoms with Crippen molar-refractivity contribution >= 4 is 23.7 Å². The predicted molar refractivity (Wildman–Crippen MR) is 119 cm³/mol. The Hall–Kier alpha value is -2.62. The molecule has 200 valence electrons. The van der Waals surface area contributed by atoms with Crippen molar-refractivity contribution in [2.45, 2.75) is 57.3 Å². The first-order valence-corrected chi connectivity index (χ1v) is 11.0. The van der Waals surface area contributed by atoms with Gasteiger partial charge in [0.05, 0.1) is 26.4 Å². The molecule has 0 aromatic rings. The fourth-order valence-electron chi connectivity index (χ4n) is 3.31. The van der Waals surface area contributed by atoms with Gasteiger partial charge in [-0.2, -0.15) is 0 Å². The zero-order valence-electron chi connectivity index (χ0n) is 20.0. The summed E-state index contributed by atoms with van der Waals surface area (Å²) in [5, 5.41) is 46.0. The standard InChI is InChI=1S/C21H35N3O11/c1-11(19(30)22-3)13(20(31)32)4-5-15(27)23-6-7-33-8-9-34-21-16(24-12(2)26)18(29)17(28)14(10-25)35-21/h14,16-18,21,25,28-29H,4-10H2,1-3H3,(H,22,30)(H,23,27)(H,24,26)(H,31,32)/b13-11+. The largest absolute Gasteiger partial charge is 0.478 e. The van der Waals surface area contributed by atoms with Gasteiger partial charge in [0.2, 0.25) is 17.7 Å². The number of nitrogens with one attached hydrogen (secondary N) is 3. The SMILES string of the molecule is CNC(=O)/C(C)=C(\CCC(=O)NCCOCCOC1OC(CO)C(O)C(O)C1NC(C)=O)C(=O)O.